The lowest BCUT2D eigenvalue weighted by Crippen LogP contribution is -2.43. The zero-order valence-electron chi connectivity index (χ0n) is 14.2. The van der Waals surface area contributed by atoms with Crippen LogP contribution in [-0.2, 0) is 9.59 Å². The van der Waals surface area contributed by atoms with Crippen molar-refractivity contribution in [2.45, 2.75) is 46.5 Å². The number of carbonyl (C=O) groups excluding carboxylic acids is 2. The molecule has 120 valence electrons. The van der Waals surface area contributed by atoms with Crippen LogP contribution in [0.15, 0.2) is 47.1 Å². The van der Waals surface area contributed by atoms with Crippen LogP contribution in [0, 0.1) is 22.7 Å². The maximum absolute atomic E-state index is 12.0. The van der Waals surface area contributed by atoms with Crippen LogP contribution < -0.4 is 0 Å². The van der Waals surface area contributed by atoms with Gasteiger partial charge < -0.3 is 0 Å². The van der Waals surface area contributed by atoms with Gasteiger partial charge in [0.1, 0.15) is 0 Å². The van der Waals surface area contributed by atoms with Crippen LogP contribution >= 0.6 is 0 Å². The average molecular weight is 308 g/mol. The Hall–Kier alpha value is -1.70. The van der Waals surface area contributed by atoms with E-state index in [4.69, 9.17) is 0 Å². The molecule has 1 fully saturated rings. The molecule has 0 saturated heterocycles. The number of ketones is 2. The number of fused-ring (bicyclic) bond motifs is 5. The molecular formula is C21H24O2. The lowest BCUT2D eigenvalue weighted by atomic mass is 9.52. The summed E-state index contributed by atoms with van der Waals surface area (Å²) in [6.45, 7) is 6.24. The number of rotatable bonds is 1. The molecule has 2 nitrogen and oxygen atoms in total. The van der Waals surface area contributed by atoms with E-state index < -0.39 is 0 Å². The fourth-order valence-electron chi connectivity index (χ4n) is 5.65. The van der Waals surface area contributed by atoms with Gasteiger partial charge in [0.2, 0.25) is 0 Å². The van der Waals surface area contributed by atoms with Crippen LogP contribution in [-0.4, -0.2) is 11.6 Å². The Balaban J connectivity index is 1.77. The number of Topliss-reactive ketones (excluding diaryl/α,β-unsaturated/α-hetero) is 1. The lowest BCUT2D eigenvalue weighted by Gasteiger charge is -2.51. The summed E-state index contributed by atoms with van der Waals surface area (Å²) in [5.74, 6) is 1.42. The van der Waals surface area contributed by atoms with Gasteiger partial charge in [0.05, 0.1) is 0 Å². The predicted molar refractivity (Wildman–Crippen MR) is 90.7 cm³/mol. The van der Waals surface area contributed by atoms with Gasteiger partial charge in [0, 0.05) is 10.8 Å². The molecule has 0 aliphatic heterocycles. The summed E-state index contributed by atoms with van der Waals surface area (Å²) in [5, 5.41) is 0. The van der Waals surface area contributed by atoms with Crippen molar-refractivity contribution < 1.29 is 9.59 Å². The lowest BCUT2D eigenvalue weighted by molar-refractivity contribution is -0.115. The molecule has 1 saturated carbocycles. The van der Waals surface area contributed by atoms with Crippen LogP contribution in [0.25, 0.3) is 0 Å². The number of allylic oxidation sites excluding steroid dienone is 8. The Morgan fingerprint density at radius 1 is 1.26 bits per heavy atom. The van der Waals surface area contributed by atoms with E-state index >= 15 is 0 Å². The molecule has 2 heteroatoms. The molecule has 0 bridgehead atoms. The minimum absolute atomic E-state index is 0.00573. The van der Waals surface area contributed by atoms with Crippen LogP contribution in [0.3, 0.4) is 0 Å². The topological polar surface area (TPSA) is 34.1 Å². The van der Waals surface area contributed by atoms with E-state index in [0.29, 0.717) is 11.8 Å². The van der Waals surface area contributed by atoms with Crippen LogP contribution in [0.5, 0.6) is 0 Å². The fraction of sp³-hybridized carbons (Fsp3) is 0.524. The molecule has 0 aromatic heterocycles. The van der Waals surface area contributed by atoms with Crippen molar-refractivity contribution in [1.29, 1.82) is 0 Å². The maximum Gasteiger partial charge on any atom is 0.178 e. The predicted octanol–water partition coefficient (Wildman–Crippen LogP) is 4.34. The first kappa shape index (κ1) is 14.9. The van der Waals surface area contributed by atoms with Gasteiger partial charge in [0.25, 0.3) is 0 Å². The molecule has 4 aliphatic carbocycles. The summed E-state index contributed by atoms with van der Waals surface area (Å²) in [6.07, 6.45) is 14.3. The van der Waals surface area contributed by atoms with Crippen molar-refractivity contribution in [3.63, 3.8) is 0 Å². The van der Waals surface area contributed by atoms with Crippen LogP contribution in [0.2, 0.25) is 0 Å². The molecule has 0 spiro atoms. The summed E-state index contributed by atoms with van der Waals surface area (Å²) < 4.78 is 0. The van der Waals surface area contributed by atoms with E-state index in [1.807, 2.05) is 6.08 Å². The third kappa shape index (κ3) is 1.87. The summed E-state index contributed by atoms with van der Waals surface area (Å²) in [7, 11) is 0. The highest BCUT2D eigenvalue weighted by atomic mass is 16.1. The van der Waals surface area contributed by atoms with Crippen molar-refractivity contribution in [2.24, 2.45) is 22.7 Å². The van der Waals surface area contributed by atoms with Gasteiger partial charge in [-0.05, 0) is 69.1 Å². The smallest absolute Gasteiger partial charge is 0.178 e. The largest absolute Gasteiger partial charge is 0.295 e. The monoisotopic (exact) mass is 308 g/mol. The molecule has 2 unspecified atom stereocenters. The van der Waals surface area contributed by atoms with E-state index in [-0.39, 0.29) is 22.4 Å². The first-order valence-electron chi connectivity index (χ1n) is 8.72. The summed E-state index contributed by atoms with van der Waals surface area (Å²) >= 11 is 0. The molecule has 0 aromatic rings. The van der Waals surface area contributed by atoms with Gasteiger partial charge in [-0.15, -0.1) is 0 Å². The molecular weight excluding hydrogens is 284 g/mol. The highest BCUT2D eigenvalue weighted by Crippen LogP contribution is 2.62. The van der Waals surface area contributed by atoms with Gasteiger partial charge in [-0.1, -0.05) is 36.3 Å². The highest BCUT2D eigenvalue weighted by Gasteiger charge is 2.53. The van der Waals surface area contributed by atoms with Crippen molar-refractivity contribution in [2.75, 3.05) is 0 Å². The van der Waals surface area contributed by atoms with Crippen molar-refractivity contribution in [1.82, 2.24) is 0 Å². The Morgan fingerprint density at radius 2 is 2.04 bits per heavy atom. The highest BCUT2D eigenvalue weighted by molar-refractivity contribution is 6.01. The Kier molecular flexibility index (Phi) is 3.01. The second-order valence-corrected chi connectivity index (χ2v) is 8.05. The molecule has 0 N–H and O–H groups in total. The number of carbonyl (C=O) groups is 2. The second kappa shape index (κ2) is 4.66. The van der Waals surface area contributed by atoms with Gasteiger partial charge >= 0.3 is 0 Å². The molecule has 0 amide bonds. The average Bonchev–Trinajstić information content (AvgIpc) is 2.85. The molecule has 4 rings (SSSR count). The van der Waals surface area contributed by atoms with Crippen LogP contribution in [0.1, 0.15) is 46.5 Å². The SMILES string of the molecule is CC(=O)C1=CCC2C3CCC4=CC(=O)C=C[C@]4(C)C3=CC[C@]12C. The van der Waals surface area contributed by atoms with Crippen LogP contribution in [0.4, 0.5) is 0 Å². The van der Waals surface area contributed by atoms with Crippen molar-refractivity contribution in [3.8, 4) is 0 Å². The normalized spacial score (nSPS) is 41.3. The quantitative estimate of drug-likeness (QED) is 0.675. The molecule has 4 atom stereocenters. The standard InChI is InChI=1S/C21H24O2/c1-13(22)17-6-7-18-16-5-4-14-12-15(23)8-10-20(14,2)19(16)9-11-21(17,18)3/h6,8-10,12,16,18H,4-5,7,11H2,1-3H3/t16?,18?,20-,21+/m0/s1. The number of hydrogen-bond acceptors (Lipinski definition) is 2. The Labute approximate surface area is 138 Å². The Bertz CT molecular complexity index is 733. The minimum Gasteiger partial charge on any atom is -0.295 e. The zero-order chi connectivity index (χ0) is 16.4. The summed E-state index contributed by atoms with van der Waals surface area (Å²) in [6, 6.07) is 0. The van der Waals surface area contributed by atoms with E-state index in [9.17, 15) is 9.59 Å². The third-order valence-electron chi connectivity index (χ3n) is 6.91. The summed E-state index contributed by atoms with van der Waals surface area (Å²) in [5.41, 5.74) is 3.72. The molecule has 23 heavy (non-hydrogen) atoms. The first-order chi connectivity index (χ1) is 10.9. The fourth-order valence-corrected chi connectivity index (χ4v) is 5.65. The van der Waals surface area contributed by atoms with Gasteiger partial charge in [-0.25, -0.2) is 0 Å². The summed E-state index contributed by atoms with van der Waals surface area (Å²) in [4.78, 5) is 23.8. The van der Waals surface area contributed by atoms with E-state index in [1.165, 1.54) is 11.1 Å². The van der Waals surface area contributed by atoms with Crippen molar-refractivity contribution >= 4 is 11.6 Å². The molecule has 4 aliphatic rings. The second-order valence-electron chi connectivity index (χ2n) is 8.05. The van der Waals surface area contributed by atoms with E-state index in [2.05, 4.69) is 32.1 Å². The van der Waals surface area contributed by atoms with Gasteiger partial charge in [-0.3, -0.25) is 9.59 Å². The third-order valence-corrected chi connectivity index (χ3v) is 6.91. The Morgan fingerprint density at radius 3 is 2.78 bits per heavy atom. The van der Waals surface area contributed by atoms with Gasteiger partial charge in [0.15, 0.2) is 11.6 Å². The maximum atomic E-state index is 12.0. The van der Waals surface area contributed by atoms with E-state index in [1.54, 1.807) is 13.0 Å². The van der Waals surface area contributed by atoms with Crippen molar-refractivity contribution in [3.05, 3.63) is 47.1 Å². The van der Waals surface area contributed by atoms with E-state index in [0.717, 1.165) is 31.3 Å². The zero-order valence-corrected chi connectivity index (χ0v) is 14.2. The molecule has 0 aromatic carbocycles. The molecule has 0 radical (unpaired) electrons. The van der Waals surface area contributed by atoms with Gasteiger partial charge in [-0.2, -0.15) is 0 Å². The minimum atomic E-state index is -0.0862. The first-order valence-corrected chi connectivity index (χ1v) is 8.72. The number of hydrogen-bond donors (Lipinski definition) is 0. The molecule has 0 heterocycles.